The van der Waals surface area contributed by atoms with E-state index in [9.17, 15) is 0 Å². The lowest BCUT2D eigenvalue weighted by Gasteiger charge is -2.32. The van der Waals surface area contributed by atoms with Crippen LogP contribution in [0.5, 0.6) is 0 Å². The minimum atomic E-state index is -0.273. The predicted molar refractivity (Wildman–Crippen MR) is 67.9 cm³/mol. The van der Waals surface area contributed by atoms with Gasteiger partial charge in [-0.15, -0.1) is 11.3 Å². The summed E-state index contributed by atoms with van der Waals surface area (Å²) in [5.74, 6) is 5.55. The molecule has 1 unspecified atom stereocenters. The van der Waals surface area contributed by atoms with Crippen molar-refractivity contribution in [1.29, 1.82) is 0 Å². The number of rotatable bonds is 5. The molecule has 15 heavy (non-hydrogen) atoms. The van der Waals surface area contributed by atoms with E-state index in [1.807, 2.05) is 19.9 Å². The quantitative estimate of drug-likeness (QED) is 0.647. The lowest BCUT2D eigenvalue weighted by molar-refractivity contribution is -0.00985. The Labute approximate surface area is 103 Å². The van der Waals surface area contributed by atoms with Crippen molar-refractivity contribution in [3.05, 3.63) is 20.8 Å². The summed E-state index contributed by atoms with van der Waals surface area (Å²) in [7, 11) is 1.70. The first-order chi connectivity index (χ1) is 6.99. The standard InChI is InChI=1S/C10H17BrN2OS/c1-10(2,14-3)8(13-12)6-7-4-5-9(11)15-7/h4-5,8,13H,6,12H2,1-3H3. The highest BCUT2D eigenvalue weighted by Crippen LogP contribution is 2.25. The van der Waals surface area contributed by atoms with Crippen LogP contribution in [0, 0.1) is 0 Å². The maximum absolute atomic E-state index is 5.55. The van der Waals surface area contributed by atoms with Gasteiger partial charge < -0.3 is 4.74 Å². The van der Waals surface area contributed by atoms with Crippen LogP contribution >= 0.6 is 27.3 Å². The molecule has 1 heterocycles. The molecule has 86 valence electrons. The van der Waals surface area contributed by atoms with E-state index in [0.717, 1.165) is 10.2 Å². The van der Waals surface area contributed by atoms with Gasteiger partial charge in [0.05, 0.1) is 15.4 Å². The number of hydrazine groups is 1. The Bertz CT molecular complexity index is 314. The highest BCUT2D eigenvalue weighted by atomic mass is 79.9. The summed E-state index contributed by atoms with van der Waals surface area (Å²) in [6.45, 7) is 4.06. The third-order valence-corrected chi connectivity index (χ3v) is 4.25. The van der Waals surface area contributed by atoms with E-state index < -0.39 is 0 Å². The summed E-state index contributed by atoms with van der Waals surface area (Å²) >= 11 is 5.17. The lowest BCUT2D eigenvalue weighted by atomic mass is 9.95. The summed E-state index contributed by atoms with van der Waals surface area (Å²) < 4.78 is 6.56. The van der Waals surface area contributed by atoms with Gasteiger partial charge in [0.2, 0.25) is 0 Å². The van der Waals surface area contributed by atoms with Crippen molar-refractivity contribution in [2.75, 3.05) is 7.11 Å². The smallest absolute Gasteiger partial charge is 0.0791 e. The Hall–Kier alpha value is 0.0600. The number of methoxy groups -OCH3 is 1. The second kappa shape index (κ2) is 5.41. The Morgan fingerprint density at radius 1 is 1.60 bits per heavy atom. The van der Waals surface area contributed by atoms with E-state index in [4.69, 9.17) is 10.6 Å². The average molecular weight is 293 g/mol. The van der Waals surface area contributed by atoms with Crippen LogP contribution in [0.25, 0.3) is 0 Å². The molecule has 0 bridgehead atoms. The number of hydrogen-bond donors (Lipinski definition) is 2. The minimum Gasteiger partial charge on any atom is -0.377 e. The molecule has 0 spiro atoms. The molecular formula is C10H17BrN2OS. The molecule has 0 aromatic carbocycles. The molecule has 0 fully saturated rings. The number of ether oxygens (including phenoxy) is 1. The van der Waals surface area contributed by atoms with Crippen molar-refractivity contribution in [2.45, 2.75) is 31.9 Å². The third-order valence-electron chi connectivity index (χ3n) is 2.60. The Morgan fingerprint density at radius 3 is 2.67 bits per heavy atom. The van der Waals surface area contributed by atoms with Crippen molar-refractivity contribution in [2.24, 2.45) is 5.84 Å². The fourth-order valence-electron chi connectivity index (χ4n) is 1.31. The molecule has 3 nitrogen and oxygen atoms in total. The lowest BCUT2D eigenvalue weighted by Crippen LogP contribution is -2.52. The normalized spacial score (nSPS) is 14.2. The first-order valence-electron chi connectivity index (χ1n) is 4.75. The molecule has 5 heteroatoms. The van der Waals surface area contributed by atoms with Crippen LogP contribution in [0.4, 0.5) is 0 Å². The van der Waals surface area contributed by atoms with Gasteiger partial charge >= 0.3 is 0 Å². The maximum Gasteiger partial charge on any atom is 0.0791 e. The SMILES string of the molecule is COC(C)(C)C(Cc1ccc(Br)s1)NN. The number of nitrogens with two attached hydrogens (primary N) is 1. The average Bonchev–Trinajstić information content (AvgIpc) is 2.60. The molecule has 0 aliphatic rings. The van der Waals surface area contributed by atoms with Crippen LogP contribution in [-0.2, 0) is 11.2 Å². The molecule has 3 N–H and O–H groups in total. The largest absolute Gasteiger partial charge is 0.377 e. The van der Waals surface area contributed by atoms with Crippen molar-refractivity contribution < 1.29 is 4.74 Å². The molecule has 1 rings (SSSR count). The molecule has 0 aliphatic carbocycles. The fourth-order valence-corrected chi connectivity index (χ4v) is 2.84. The van der Waals surface area contributed by atoms with Gasteiger partial charge in [0.1, 0.15) is 0 Å². The highest BCUT2D eigenvalue weighted by Gasteiger charge is 2.28. The molecule has 1 aromatic rings. The summed E-state index contributed by atoms with van der Waals surface area (Å²) in [5.41, 5.74) is 2.54. The molecule has 0 radical (unpaired) electrons. The number of nitrogens with one attached hydrogen (secondary N) is 1. The molecule has 0 saturated carbocycles. The van der Waals surface area contributed by atoms with Gasteiger partial charge in [0, 0.05) is 18.4 Å². The second-order valence-electron chi connectivity index (χ2n) is 3.94. The van der Waals surface area contributed by atoms with Crippen LogP contribution in [0.15, 0.2) is 15.9 Å². The minimum absolute atomic E-state index is 0.105. The summed E-state index contributed by atoms with van der Waals surface area (Å²) in [5, 5.41) is 0. The molecule has 0 amide bonds. The number of thiophene rings is 1. The zero-order valence-corrected chi connectivity index (χ0v) is 11.6. The van der Waals surface area contributed by atoms with E-state index in [-0.39, 0.29) is 11.6 Å². The zero-order valence-electron chi connectivity index (χ0n) is 9.21. The zero-order chi connectivity index (χ0) is 11.5. The second-order valence-corrected chi connectivity index (χ2v) is 6.48. The van der Waals surface area contributed by atoms with Gasteiger partial charge in [-0.2, -0.15) is 0 Å². The topological polar surface area (TPSA) is 47.3 Å². The van der Waals surface area contributed by atoms with Crippen LogP contribution in [0.1, 0.15) is 18.7 Å². The molecular weight excluding hydrogens is 276 g/mol. The van der Waals surface area contributed by atoms with Gasteiger partial charge in [-0.25, -0.2) is 0 Å². The Balaban J connectivity index is 2.69. The van der Waals surface area contributed by atoms with Gasteiger partial charge in [-0.3, -0.25) is 11.3 Å². The summed E-state index contributed by atoms with van der Waals surface area (Å²) in [4.78, 5) is 1.29. The third kappa shape index (κ3) is 3.53. The highest BCUT2D eigenvalue weighted by molar-refractivity contribution is 9.11. The van der Waals surface area contributed by atoms with Crippen molar-refractivity contribution >= 4 is 27.3 Å². The Morgan fingerprint density at radius 2 is 2.27 bits per heavy atom. The first-order valence-corrected chi connectivity index (χ1v) is 6.36. The molecule has 0 saturated heterocycles. The van der Waals surface area contributed by atoms with Crippen LogP contribution in [-0.4, -0.2) is 18.8 Å². The maximum atomic E-state index is 5.55. The fraction of sp³-hybridized carbons (Fsp3) is 0.600. The van der Waals surface area contributed by atoms with Gasteiger partial charge in [-0.1, -0.05) is 0 Å². The summed E-state index contributed by atoms with van der Waals surface area (Å²) in [6, 6.07) is 4.26. The van der Waals surface area contributed by atoms with Crippen molar-refractivity contribution in [1.82, 2.24) is 5.43 Å². The van der Waals surface area contributed by atoms with Gasteiger partial charge in [0.25, 0.3) is 0 Å². The number of halogens is 1. The van der Waals surface area contributed by atoms with E-state index in [2.05, 4.69) is 27.4 Å². The van der Waals surface area contributed by atoms with E-state index >= 15 is 0 Å². The first kappa shape index (κ1) is 13.1. The summed E-state index contributed by atoms with van der Waals surface area (Å²) in [6.07, 6.45) is 0.869. The van der Waals surface area contributed by atoms with E-state index in [1.54, 1.807) is 18.4 Å². The van der Waals surface area contributed by atoms with Crippen LogP contribution in [0.3, 0.4) is 0 Å². The van der Waals surface area contributed by atoms with E-state index in [1.165, 1.54) is 4.88 Å². The Kier molecular flexibility index (Phi) is 4.73. The van der Waals surface area contributed by atoms with Gasteiger partial charge in [-0.05, 0) is 41.9 Å². The van der Waals surface area contributed by atoms with Crippen LogP contribution < -0.4 is 11.3 Å². The van der Waals surface area contributed by atoms with E-state index in [0.29, 0.717) is 0 Å². The predicted octanol–water partition coefficient (Wildman–Crippen LogP) is 2.31. The molecule has 0 aliphatic heterocycles. The van der Waals surface area contributed by atoms with Crippen LogP contribution in [0.2, 0.25) is 0 Å². The molecule has 1 aromatic heterocycles. The van der Waals surface area contributed by atoms with Crippen molar-refractivity contribution in [3.8, 4) is 0 Å². The van der Waals surface area contributed by atoms with Crippen molar-refractivity contribution in [3.63, 3.8) is 0 Å². The molecule has 1 atom stereocenters. The number of hydrogen-bond acceptors (Lipinski definition) is 4. The van der Waals surface area contributed by atoms with Gasteiger partial charge in [0.15, 0.2) is 0 Å². The monoisotopic (exact) mass is 292 g/mol.